The van der Waals surface area contributed by atoms with E-state index in [1.54, 1.807) is 0 Å². The molecule has 0 atom stereocenters. The molecule has 1 aromatic heterocycles. The monoisotopic (exact) mass is 360 g/mol. The number of nitrogens with zero attached hydrogens (tertiary/aromatic N) is 3. The number of imidazole rings is 1. The molecule has 0 unspecified atom stereocenters. The Hall–Kier alpha value is -2.83. The molecule has 1 heterocycles. The van der Waals surface area contributed by atoms with Crippen LogP contribution in [-0.2, 0) is 22.6 Å². The highest BCUT2D eigenvalue weighted by Gasteiger charge is 2.05. The van der Waals surface area contributed by atoms with E-state index >= 15 is 0 Å². The van der Waals surface area contributed by atoms with Gasteiger partial charge < -0.3 is 19.9 Å². The lowest BCUT2D eigenvalue weighted by Gasteiger charge is -2.12. The first kappa shape index (κ1) is 21.2. The predicted octanol–water partition coefficient (Wildman–Crippen LogP) is 2.02. The molecule has 142 valence electrons. The molecule has 0 radical (unpaired) electrons. The number of hydrogen-bond donors (Lipinski definition) is 2. The molecule has 1 amide bonds. The van der Waals surface area contributed by atoms with E-state index in [1.165, 1.54) is 11.3 Å². The van der Waals surface area contributed by atoms with Crippen LogP contribution >= 0.6 is 0 Å². The fourth-order valence-electron chi connectivity index (χ4n) is 2.39. The molecule has 2 aromatic rings. The van der Waals surface area contributed by atoms with Crippen molar-refractivity contribution in [3.05, 3.63) is 47.5 Å². The van der Waals surface area contributed by atoms with Crippen LogP contribution in [0.5, 0.6) is 0 Å². The molecule has 0 saturated heterocycles. The highest BCUT2D eigenvalue weighted by Crippen LogP contribution is 2.13. The molecule has 2 rings (SSSR count). The average Bonchev–Trinajstić information content (AvgIpc) is 2.93. The zero-order valence-corrected chi connectivity index (χ0v) is 15.9. The quantitative estimate of drug-likeness (QED) is 0.738. The molecular formula is C19H28N4O3. The number of aryl methyl sites for hydroxylation is 2. The van der Waals surface area contributed by atoms with E-state index in [0.717, 1.165) is 24.4 Å². The third-order valence-corrected chi connectivity index (χ3v) is 4.11. The van der Waals surface area contributed by atoms with Crippen molar-refractivity contribution < 1.29 is 14.7 Å². The first-order valence-corrected chi connectivity index (χ1v) is 8.48. The first-order valence-electron chi connectivity index (χ1n) is 8.48. The molecule has 7 heteroatoms. The van der Waals surface area contributed by atoms with Gasteiger partial charge in [0.05, 0.1) is 12.0 Å². The van der Waals surface area contributed by atoms with Crippen LogP contribution in [0.25, 0.3) is 0 Å². The summed E-state index contributed by atoms with van der Waals surface area (Å²) in [5.74, 6) is 0.0937. The number of benzene rings is 1. The fraction of sp³-hybridized carbons (Fsp3) is 0.421. The molecule has 0 spiro atoms. The van der Waals surface area contributed by atoms with Crippen molar-refractivity contribution in [2.45, 2.75) is 33.2 Å². The maximum absolute atomic E-state index is 11.9. The van der Waals surface area contributed by atoms with Gasteiger partial charge in [-0.05, 0) is 38.0 Å². The van der Waals surface area contributed by atoms with Crippen LogP contribution in [-0.4, -0.2) is 47.7 Å². The second kappa shape index (κ2) is 10.9. The molecule has 26 heavy (non-hydrogen) atoms. The second-order valence-corrected chi connectivity index (χ2v) is 6.13. The predicted molar refractivity (Wildman–Crippen MR) is 102 cm³/mol. The standard InChI is InChI=1S/C18H26N4O.CH2O2/c1-14-15(2)22(13-20-14)12-11-19-18(23)10-7-16-5-8-17(9-6-16)21(3)4;2-1-3/h5-6,8-9,13H,7,10-12H2,1-4H3,(H,19,23);1H,(H,2,3). The van der Waals surface area contributed by atoms with Gasteiger partial charge in [-0.1, -0.05) is 12.1 Å². The van der Waals surface area contributed by atoms with Crippen molar-refractivity contribution in [1.82, 2.24) is 14.9 Å². The molecule has 0 saturated carbocycles. The minimum Gasteiger partial charge on any atom is -0.483 e. The molecule has 1 aromatic carbocycles. The summed E-state index contributed by atoms with van der Waals surface area (Å²) in [5, 5.41) is 9.86. The normalized spacial score (nSPS) is 9.85. The van der Waals surface area contributed by atoms with Crippen molar-refractivity contribution in [2.75, 3.05) is 25.5 Å². The van der Waals surface area contributed by atoms with Crippen LogP contribution in [0.1, 0.15) is 23.4 Å². The Kier molecular flexibility index (Phi) is 8.91. The second-order valence-electron chi connectivity index (χ2n) is 6.13. The Morgan fingerprint density at radius 3 is 2.38 bits per heavy atom. The van der Waals surface area contributed by atoms with Gasteiger partial charge in [-0.3, -0.25) is 9.59 Å². The van der Waals surface area contributed by atoms with Crippen molar-refractivity contribution in [1.29, 1.82) is 0 Å². The van der Waals surface area contributed by atoms with Crippen LogP contribution in [0.4, 0.5) is 5.69 Å². The number of nitrogens with one attached hydrogen (secondary N) is 1. The van der Waals surface area contributed by atoms with Gasteiger partial charge in [-0.25, -0.2) is 4.98 Å². The molecule has 0 aliphatic rings. The number of hydrogen-bond acceptors (Lipinski definition) is 4. The van der Waals surface area contributed by atoms with E-state index in [4.69, 9.17) is 9.90 Å². The molecule has 0 fully saturated rings. The van der Waals surface area contributed by atoms with E-state index in [1.807, 2.05) is 34.3 Å². The number of rotatable bonds is 7. The Labute approximate surface area is 154 Å². The molecule has 2 N–H and O–H groups in total. The summed E-state index contributed by atoms with van der Waals surface area (Å²) in [4.78, 5) is 26.6. The van der Waals surface area contributed by atoms with Crippen LogP contribution < -0.4 is 10.2 Å². The third kappa shape index (κ3) is 6.96. The molecular weight excluding hydrogens is 332 g/mol. The minimum absolute atomic E-state index is 0.0937. The summed E-state index contributed by atoms with van der Waals surface area (Å²) in [7, 11) is 4.04. The first-order chi connectivity index (χ1) is 12.4. The maximum Gasteiger partial charge on any atom is 0.290 e. The number of carbonyl (C=O) groups is 2. The molecule has 0 aliphatic heterocycles. The van der Waals surface area contributed by atoms with Crippen LogP contribution in [0.15, 0.2) is 30.6 Å². The van der Waals surface area contributed by atoms with Gasteiger partial charge in [-0.2, -0.15) is 0 Å². The smallest absolute Gasteiger partial charge is 0.290 e. The third-order valence-electron chi connectivity index (χ3n) is 4.11. The minimum atomic E-state index is -0.250. The number of aromatic nitrogens is 2. The molecule has 7 nitrogen and oxygen atoms in total. The SMILES string of the molecule is Cc1ncn(CCNC(=O)CCc2ccc(N(C)C)cc2)c1C.O=CO. The van der Waals surface area contributed by atoms with E-state index in [0.29, 0.717) is 13.0 Å². The highest BCUT2D eigenvalue weighted by atomic mass is 16.3. The van der Waals surface area contributed by atoms with Gasteiger partial charge in [0.1, 0.15) is 0 Å². The van der Waals surface area contributed by atoms with Gasteiger partial charge in [0.2, 0.25) is 5.91 Å². The lowest BCUT2D eigenvalue weighted by molar-refractivity contribution is -0.123. The number of carboxylic acid groups (broad SMARTS) is 1. The lowest BCUT2D eigenvalue weighted by Crippen LogP contribution is -2.27. The van der Waals surface area contributed by atoms with Crippen LogP contribution in [0, 0.1) is 13.8 Å². The van der Waals surface area contributed by atoms with Gasteiger partial charge in [0, 0.05) is 45.0 Å². The summed E-state index contributed by atoms with van der Waals surface area (Å²) in [5.41, 5.74) is 4.55. The Balaban J connectivity index is 0.00000105. The van der Waals surface area contributed by atoms with Crippen LogP contribution in [0.3, 0.4) is 0 Å². The van der Waals surface area contributed by atoms with E-state index < -0.39 is 0 Å². The van der Waals surface area contributed by atoms with E-state index in [2.05, 4.69) is 44.0 Å². The van der Waals surface area contributed by atoms with Crippen molar-refractivity contribution >= 4 is 18.1 Å². The number of anilines is 1. The summed E-state index contributed by atoms with van der Waals surface area (Å²) in [6.45, 7) is 5.18. The average molecular weight is 360 g/mol. The van der Waals surface area contributed by atoms with Crippen molar-refractivity contribution in [3.8, 4) is 0 Å². The van der Waals surface area contributed by atoms with Crippen LogP contribution in [0.2, 0.25) is 0 Å². The van der Waals surface area contributed by atoms with Gasteiger partial charge in [0.25, 0.3) is 6.47 Å². The zero-order valence-electron chi connectivity index (χ0n) is 15.9. The van der Waals surface area contributed by atoms with Crippen molar-refractivity contribution in [3.63, 3.8) is 0 Å². The summed E-state index contributed by atoms with van der Waals surface area (Å²) >= 11 is 0. The van der Waals surface area contributed by atoms with Gasteiger partial charge in [-0.15, -0.1) is 0 Å². The Morgan fingerprint density at radius 1 is 1.27 bits per heavy atom. The fourth-order valence-corrected chi connectivity index (χ4v) is 2.39. The number of carbonyl (C=O) groups excluding carboxylic acids is 1. The Morgan fingerprint density at radius 2 is 1.88 bits per heavy atom. The van der Waals surface area contributed by atoms with Gasteiger partial charge >= 0.3 is 0 Å². The molecule has 0 aliphatic carbocycles. The maximum atomic E-state index is 11.9. The summed E-state index contributed by atoms with van der Waals surface area (Å²) in [6.07, 6.45) is 3.11. The molecule has 0 bridgehead atoms. The van der Waals surface area contributed by atoms with Crippen molar-refractivity contribution in [2.24, 2.45) is 0 Å². The van der Waals surface area contributed by atoms with Gasteiger partial charge in [0.15, 0.2) is 0 Å². The topological polar surface area (TPSA) is 87.5 Å². The summed E-state index contributed by atoms with van der Waals surface area (Å²) < 4.78 is 2.07. The largest absolute Gasteiger partial charge is 0.483 e. The lowest BCUT2D eigenvalue weighted by atomic mass is 10.1. The highest BCUT2D eigenvalue weighted by molar-refractivity contribution is 5.76. The zero-order chi connectivity index (χ0) is 19.5. The van der Waals surface area contributed by atoms with E-state index in [9.17, 15) is 4.79 Å². The Bertz CT molecular complexity index is 693. The summed E-state index contributed by atoms with van der Waals surface area (Å²) in [6, 6.07) is 8.33. The number of amides is 1. The van der Waals surface area contributed by atoms with E-state index in [-0.39, 0.29) is 12.4 Å².